The molecule has 2 aromatic rings. The van der Waals surface area contributed by atoms with Crippen molar-refractivity contribution in [2.45, 2.75) is 38.9 Å². The zero-order chi connectivity index (χ0) is 16.7. The molecule has 0 saturated heterocycles. The number of Topliss-reactive ketones (excluding diaryl/α,β-unsaturated/α-hetero) is 1. The van der Waals surface area contributed by atoms with Crippen LogP contribution < -0.4 is 0 Å². The number of benzene rings is 2. The average molecular weight is 307 g/mol. The maximum Gasteiger partial charge on any atom is 0.196 e. The summed E-state index contributed by atoms with van der Waals surface area (Å²) in [5, 5.41) is 8.80. The number of rotatable bonds is 7. The number of ether oxygens (including phenoxy) is 1. The highest BCUT2D eigenvalue weighted by molar-refractivity contribution is 6.01. The Hall–Kier alpha value is -2.44. The van der Waals surface area contributed by atoms with Crippen molar-refractivity contribution in [1.29, 1.82) is 5.26 Å². The first-order valence-electron chi connectivity index (χ1n) is 7.83. The van der Waals surface area contributed by atoms with Gasteiger partial charge in [0.2, 0.25) is 0 Å². The van der Waals surface area contributed by atoms with E-state index in [9.17, 15) is 4.79 Å². The average Bonchev–Trinajstić information content (AvgIpc) is 2.58. The molecule has 0 N–H and O–H groups in total. The van der Waals surface area contributed by atoms with Crippen LogP contribution in [0.15, 0.2) is 54.6 Å². The van der Waals surface area contributed by atoms with E-state index in [0.29, 0.717) is 18.4 Å². The molecule has 1 atom stereocenters. The third kappa shape index (κ3) is 4.51. The summed E-state index contributed by atoms with van der Waals surface area (Å²) >= 11 is 0. The number of hydrogen-bond acceptors (Lipinski definition) is 3. The van der Waals surface area contributed by atoms with Crippen LogP contribution in [0, 0.1) is 11.3 Å². The lowest BCUT2D eigenvalue weighted by atomic mass is 9.94. The van der Waals surface area contributed by atoms with E-state index in [-0.39, 0.29) is 11.9 Å². The molecule has 0 heterocycles. The van der Waals surface area contributed by atoms with Crippen molar-refractivity contribution in [3.8, 4) is 6.07 Å². The van der Waals surface area contributed by atoms with E-state index in [1.54, 1.807) is 0 Å². The first-order valence-corrected chi connectivity index (χ1v) is 7.83. The molecule has 0 fully saturated rings. The van der Waals surface area contributed by atoms with Gasteiger partial charge in [-0.15, -0.1) is 0 Å². The Kier molecular flexibility index (Phi) is 6.08. The van der Waals surface area contributed by atoms with Gasteiger partial charge in [0.15, 0.2) is 5.78 Å². The van der Waals surface area contributed by atoms with Crippen LogP contribution in [-0.4, -0.2) is 11.9 Å². The number of ketones is 1. The molecule has 0 spiro atoms. The summed E-state index contributed by atoms with van der Waals surface area (Å²) < 4.78 is 5.90. The zero-order valence-electron chi connectivity index (χ0n) is 13.5. The molecular formula is C20H21NO2. The van der Waals surface area contributed by atoms with Gasteiger partial charge in [-0.3, -0.25) is 4.79 Å². The Morgan fingerprint density at radius 2 is 1.74 bits per heavy atom. The van der Waals surface area contributed by atoms with E-state index in [4.69, 9.17) is 10.00 Å². The normalized spacial score (nSPS) is 11.9. The van der Waals surface area contributed by atoms with E-state index in [1.807, 2.05) is 68.4 Å². The van der Waals surface area contributed by atoms with Gasteiger partial charge in [0.1, 0.15) is 6.10 Å². The predicted molar refractivity (Wildman–Crippen MR) is 90.1 cm³/mol. The van der Waals surface area contributed by atoms with E-state index < -0.39 is 6.10 Å². The van der Waals surface area contributed by atoms with E-state index in [1.165, 1.54) is 0 Å². The van der Waals surface area contributed by atoms with Crippen LogP contribution in [0.3, 0.4) is 0 Å². The Morgan fingerprint density at radius 1 is 1.09 bits per heavy atom. The van der Waals surface area contributed by atoms with Gasteiger partial charge in [0.25, 0.3) is 0 Å². The van der Waals surface area contributed by atoms with Crippen molar-refractivity contribution >= 4 is 5.78 Å². The molecule has 0 aliphatic carbocycles. The van der Waals surface area contributed by atoms with Gasteiger partial charge in [0, 0.05) is 12.0 Å². The number of carbonyl (C=O) groups excluding carboxylic acids is 1. The van der Waals surface area contributed by atoms with Crippen molar-refractivity contribution in [2.75, 3.05) is 0 Å². The van der Waals surface area contributed by atoms with E-state index in [2.05, 4.69) is 6.07 Å². The first-order chi connectivity index (χ1) is 11.1. The zero-order valence-corrected chi connectivity index (χ0v) is 13.5. The summed E-state index contributed by atoms with van der Waals surface area (Å²) in [6.45, 7) is 3.84. The van der Waals surface area contributed by atoms with Crippen LogP contribution >= 0.6 is 0 Å². The predicted octanol–water partition coefficient (Wildman–Crippen LogP) is 4.49. The Balaban J connectivity index is 2.36. The largest absolute Gasteiger partial charge is 0.363 e. The monoisotopic (exact) mass is 307 g/mol. The van der Waals surface area contributed by atoms with Gasteiger partial charge in [0.05, 0.1) is 12.2 Å². The second kappa shape index (κ2) is 8.26. The summed E-state index contributed by atoms with van der Waals surface area (Å²) in [7, 11) is 0. The van der Waals surface area contributed by atoms with Gasteiger partial charge in [-0.1, -0.05) is 54.6 Å². The SMILES string of the molecule is CC(C)OC(C(=O)c1ccccc1CCC#N)c1ccccc1. The molecule has 0 bridgehead atoms. The van der Waals surface area contributed by atoms with Crippen molar-refractivity contribution < 1.29 is 9.53 Å². The molecule has 118 valence electrons. The lowest BCUT2D eigenvalue weighted by Crippen LogP contribution is -2.21. The van der Waals surface area contributed by atoms with Crippen molar-refractivity contribution in [3.63, 3.8) is 0 Å². The van der Waals surface area contributed by atoms with Crippen LogP contribution in [0.2, 0.25) is 0 Å². The van der Waals surface area contributed by atoms with Crippen LogP contribution in [0.25, 0.3) is 0 Å². The molecule has 0 aromatic heterocycles. The number of nitriles is 1. The number of nitrogens with zero attached hydrogens (tertiary/aromatic N) is 1. The first kappa shape index (κ1) is 16.9. The van der Waals surface area contributed by atoms with E-state index >= 15 is 0 Å². The molecule has 0 radical (unpaired) electrons. The standard InChI is InChI=1S/C20H21NO2/c1-15(2)23-20(17-10-4-3-5-11-17)19(22)18-13-7-6-9-16(18)12-8-14-21/h3-7,9-11,13,15,20H,8,12H2,1-2H3. The van der Waals surface area contributed by atoms with Crippen LogP contribution in [0.1, 0.15) is 47.9 Å². The Morgan fingerprint density at radius 3 is 2.39 bits per heavy atom. The minimum absolute atomic E-state index is 0.0570. The quantitative estimate of drug-likeness (QED) is 0.708. The van der Waals surface area contributed by atoms with Crippen molar-refractivity contribution in [2.24, 2.45) is 0 Å². The summed E-state index contributed by atoms with van der Waals surface area (Å²) in [5.41, 5.74) is 2.38. The van der Waals surface area contributed by atoms with Gasteiger partial charge < -0.3 is 4.74 Å². The summed E-state index contributed by atoms with van der Waals surface area (Å²) in [5.74, 6) is -0.0570. The van der Waals surface area contributed by atoms with Crippen LogP contribution in [0.5, 0.6) is 0 Å². The lowest BCUT2D eigenvalue weighted by Gasteiger charge is -2.21. The Bertz CT molecular complexity index is 686. The Labute approximate surface area is 137 Å². The molecule has 0 amide bonds. The number of hydrogen-bond donors (Lipinski definition) is 0. The molecule has 23 heavy (non-hydrogen) atoms. The highest BCUT2D eigenvalue weighted by Gasteiger charge is 2.25. The van der Waals surface area contributed by atoms with Gasteiger partial charge in [-0.2, -0.15) is 5.26 Å². The maximum absolute atomic E-state index is 13.1. The van der Waals surface area contributed by atoms with Gasteiger partial charge in [-0.25, -0.2) is 0 Å². The molecule has 2 aromatic carbocycles. The fourth-order valence-corrected chi connectivity index (χ4v) is 2.50. The summed E-state index contributed by atoms with van der Waals surface area (Å²) in [4.78, 5) is 13.1. The molecule has 0 aliphatic rings. The molecule has 3 heteroatoms. The fraction of sp³-hybridized carbons (Fsp3) is 0.300. The molecule has 0 saturated carbocycles. The molecule has 0 aliphatic heterocycles. The van der Waals surface area contributed by atoms with Gasteiger partial charge >= 0.3 is 0 Å². The second-order valence-corrected chi connectivity index (χ2v) is 5.66. The topological polar surface area (TPSA) is 50.1 Å². The smallest absolute Gasteiger partial charge is 0.196 e. The van der Waals surface area contributed by atoms with Crippen molar-refractivity contribution in [1.82, 2.24) is 0 Å². The molecular weight excluding hydrogens is 286 g/mol. The minimum Gasteiger partial charge on any atom is -0.363 e. The molecule has 3 nitrogen and oxygen atoms in total. The third-order valence-electron chi connectivity index (χ3n) is 3.54. The highest BCUT2D eigenvalue weighted by atomic mass is 16.5. The minimum atomic E-state index is -0.626. The summed E-state index contributed by atoms with van der Waals surface area (Å²) in [6.07, 6.45) is 0.280. The fourth-order valence-electron chi connectivity index (χ4n) is 2.50. The molecule has 1 unspecified atom stereocenters. The number of aryl methyl sites for hydroxylation is 1. The van der Waals surface area contributed by atoms with Gasteiger partial charge in [-0.05, 0) is 31.4 Å². The van der Waals surface area contributed by atoms with Crippen LogP contribution in [0.4, 0.5) is 0 Å². The number of carbonyl (C=O) groups is 1. The van der Waals surface area contributed by atoms with Crippen LogP contribution in [-0.2, 0) is 11.2 Å². The second-order valence-electron chi connectivity index (χ2n) is 5.66. The third-order valence-corrected chi connectivity index (χ3v) is 3.54. The summed E-state index contributed by atoms with van der Waals surface area (Å²) in [6, 6.07) is 19.1. The highest BCUT2D eigenvalue weighted by Crippen LogP contribution is 2.26. The lowest BCUT2D eigenvalue weighted by molar-refractivity contribution is 0.0113. The molecule has 2 rings (SSSR count). The van der Waals surface area contributed by atoms with Crippen molar-refractivity contribution in [3.05, 3.63) is 71.3 Å². The maximum atomic E-state index is 13.1. The van der Waals surface area contributed by atoms with E-state index in [0.717, 1.165) is 11.1 Å².